The van der Waals surface area contributed by atoms with Crippen LogP contribution in [0.15, 0.2) is 40.4 Å². The Labute approximate surface area is 87.9 Å². The van der Waals surface area contributed by atoms with Crippen molar-refractivity contribution >= 4 is 23.0 Å². The van der Waals surface area contributed by atoms with E-state index >= 15 is 0 Å². The average molecular weight is 201 g/mol. The van der Waals surface area contributed by atoms with Crippen LogP contribution in [0.3, 0.4) is 0 Å². The summed E-state index contributed by atoms with van der Waals surface area (Å²) in [5.41, 5.74) is 1.85. The van der Waals surface area contributed by atoms with E-state index in [4.69, 9.17) is 0 Å². The van der Waals surface area contributed by atoms with Crippen LogP contribution in [0, 0.1) is 0 Å². The molecule has 0 fully saturated rings. The Morgan fingerprint density at radius 1 is 1.27 bits per heavy atom. The molecule has 0 bridgehead atoms. The number of hydrogen-bond acceptors (Lipinski definition) is 3. The Hall–Kier alpha value is -1.97. The standard InChI is InChI=1S/C11H11N3O/c1-8-10(11(15)14(2)13-8)12-9-6-4-3-5-7-9/h3-7H,1-2H3/b12-10+. The van der Waals surface area contributed by atoms with E-state index in [2.05, 4.69) is 10.1 Å². The first-order chi connectivity index (χ1) is 7.18. The van der Waals surface area contributed by atoms with Gasteiger partial charge in [-0.1, -0.05) is 18.2 Å². The van der Waals surface area contributed by atoms with Gasteiger partial charge in [0.05, 0.1) is 11.4 Å². The van der Waals surface area contributed by atoms with Gasteiger partial charge in [-0.25, -0.2) is 10.0 Å². The molecule has 0 unspecified atom stereocenters. The summed E-state index contributed by atoms with van der Waals surface area (Å²) in [5, 5.41) is 5.32. The van der Waals surface area contributed by atoms with Gasteiger partial charge in [0.1, 0.15) is 0 Å². The quantitative estimate of drug-likeness (QED) is 0.680. The molecule has 0 aromatic heterocycles. The van der Waals surface area contributed by atoms with Gasteiger partial charge in [0.15, 0.2) is 5.71 Å². The van der Waals surface area contributed by atoms with E-state index in [1.54, 1.807) is 14.0 Å². The summed E-state index contributed by atoms with van der Waals surface area (Å²) < 4.78 is 0. The largest absolute Gasteiger partial charge is 0.294 e. The lowest BCUT2D eigenvalue weighted by Crippen LogP contribution is -2.23. The smallest absolute Gasteiger partial charge is 0.265 e. The Morgan fingerprint density at radius 3 is 2.47 bits per heavy atom. The van der Waals surface area contributed by atoms with Gasteiger partial charge in [-0.3, -0.25) is 4.79 Å². The summed E-state index contributed by atoms with van der Waals surface area (Å²) in [4.78, 5) is 15.9. The molecule has 0 saturated carbocycles. The zero-order chi connectivity index (χ0) is 10.8. The van der Waals surface area contributed by atoms with E-state index in [1.807, 2.05) is 30.3 Å². The Balaban J connectivity index is 2.37. The molecule has 0 spiro atoms. The zero-order valence-corrected chi connectivity index (χ0v) is 8.64. The fourth-order valence-electron chi connectivity index (χ4n) is 1.39. The van der Waals surface area contributed by atoms with Crippen LogP contribution in [-0.2, 0) is 4.79 Å². The van der Waals surface area contributed by atoms with Gasteiger partial charge >= 0.3 is 0 Å². The SMILES string of the molecule is CC1=NN(C)C(=O)/C1=N/c1ccccc1. The number of benzene rings is 1. The molecule has 1 heterocycles. The second kappa shape index (κ2) is 3.65. The number of nitrogens with zero attached hydrogens (tertiary/aromatic N) is 3. The molecule has 1 aromatic rings. The van der Waals surface area contributed by atoms with Crippen LogP contribution in [0.5, 0.6) is 0 Å². The van der Waals surface area contributed by atoms with Crippen molar-refractivity contribution in [1.82, 2.24) is 5.01 Å². The fraction of sp³-hybridized carbons (Fsp3) is 0.182. The Bertz CT molecular complexity index is 448. The predicted octanol–water partition coefficient (Wildman–Crippen LogP) is 1.61. The molecule has 1 aliphatic heterocycles. The molecule has 0 radical (unpaired) electrons. The van der Waals surface area contributed by atoms with Crippen LogP contribution in [0.2, 0.25) is 0 Å². The Morgan fingerprint density at radius 2 is 1.93 bits per heavy atom. The molecule has 1 aromatic carbocycles. The Kier molecular flexibility index (Phi) is 2.33. The van der Waals surface area contributed by atoms with Crippen molar-refractivity contribution in [3.8, 4) is 0 Å². The molecule has 0 atom stereocenters. The number of carbonyl (C=O) groups excluding carboxylic acids is 1. The molecule has 0 N–H and O–H groups in total. The van der Waals surface area contributed by atoms with Crippen molar-refractivity contribution in [2.75, 3.05) is 7.05 Å². The van der Waals surface area contributed by atoms with E-state index in [9.17, 15) is 4.79 Å². The first-order valence-electron chi connectivity index (χ1n) is 4.66. The predicted molar refractivity (Wildman–Crippen MR) is 59.4 cm³/mol. The van der Waals surface area contributed by atoms with Crippen LogP contribution in [0.4, 0.5) is 5.69 Å². The number of aliphatic imine (C=N–C) groups is 1. The van der Waals surface area contributed by atoms with Crippen LogP contribution < -0.4 is 0 Å². The van der Waals surface area contributed by atoms with Crippen molar-refractivity contribution in [3.63, 3.8) is 0 Å². The van der Waals surface area contributed by atoms with Crippen LogP contribution in [0.25, 0.3) is 0 Å². The minimum absolute atomic E-state index is 0.156. The summed E-state index contributed by atoms with van der Waals surface area (Å²) in [6.07, 6.45) is 0. The van der Waals surface area contributed by atoms with Crippen molar-refractivity contribution in [2.24, 2.45) is 10.1 Å². The number of para-hydroxylation sites is 1. The third-order valence-corrected chi connectivity index (χ3v) is 2.14. The van der Waals surface area contributed by atoms with Crippen molar-refractivity contribution in [1.29, 1.82) is 0 Å². The third-order valence-electron chi connectivity index (χ3n) is 2.14. The first kappa shape index (κ1) is 9.58. The van der Waals surface area contributed by atoms with Crippen LogP contribution in [0.1, 0.15) is 6.92 Å². The van der Waals surface area contributed by atoms with Gasteiger partial charge in [0.25, 0.3) is 5.91 Å². The third kappa shape index (κ3) is 1.79. The maximum absolute atomic E-state index is 11.6. The van der Waals surface area contributed by atoms with Gasteiger partial charge in [-0.15, -0.1) is 0 Å². The molecule has 0 aliphatic carbocycles. The second-order valence-corrected chi connectivity index (χ2v) is 3.31. The molecule has 4 nitrogen and oxygen atoms in total. The molecular formula is C11H11N3O. The lowest BCUT2D eigenvalue weighted by molar-refractivity contribution is -0.122. The first-order valence-corrected chi connectivity index (χ1v) is 4.66. The fourth-order valence-corrected chi connectivity index (χ4v) is 1.39. The van der Waals surface area contributed by atoms with E-state index in [0.29, 0.717) is 11.4 Å². The van der Waals surface area contributed by atoms with Gasteiger partial charge in [0, 0.05) is 7.05 Å². The van der Waals surface area contributed by atoms with Crippen LogP contribution >= 0.6 is 0 Å². The molecule has 0 saturated heterocycles. The number of rotatable bonds is 1. The molecule has 4 heteroatoms. The minimum atomic E-state index is -0.156. The number of amides is 1. The molecule has 76 valence electrons. The highest BCUT2D eigenvalue weighted by Gasteiger charge is 2.25. The lowest BCUT2D eigenvalue weighted by Gasteiger charge is -2.00. The van der Waals surface area contributed by atoms with E-state index in [-0.39, 0.29) is 5.91 Å². The zero-order valence-electron chi connectivity index (χ0n) is 8.64. The number of carbonyl (C=O) groups is 1. The summed E-state index contributed by atoms with van der Waals surface area (Å²) in [6.45, 7) is 1.78. The lowest BCUT2D eigenvalue weighted by atomic mass is 10.2. The van der Waals surface area contributed by atoms with Crippen LogP contribution in [-0.4, -0.2) is 29.4 Å². The van der Waals surface area contributed by atoms with E-state index in [1.165, 1.54) is 5.01 Å². The van der Waals surface area contributed by atoms with E-state index in [0.717, 1.165) is 5.69 Å². The molecule has 1 aliphatic rings. The van der Waals surface area contributed by atoms with Crippen molar-refractivity contribution in [2.45, 2.75) is 6.92 Å². The second-order valence-electron chi connectivity index (χ2n) is 3.31. The minimum Gasteiger partial charge on any atom is -0.265 e. The highest BCUT2D eigenvalue weighted by Crippen LogP contribution is 2.13. The highest BCUT2D eigenvalue weighted by atomic mass is 16.2. The van der Waals surface area contributed by atoms with Gasteiger partial charge in [0.2, 0.25) is 0 Å². The molecule has 15 heavy (non-hydrogen) atoms. The monoisotopic (exact) mass is 201 g/mol. The van der Waals surface area contributed by atoms with Gasteiger partial charge in [-0.05, 0) is 19.1 Å². The maximum Gasteiger partial charge on any atom is 0.294 e. The summed E-state index contributed by atoms with van der Waals surface area (Å²) in [5.74, 6) is -0.156. The summed E-state index contributed by atoms with van der Waals surface area (Å²) in [6, 6.07) is 9.38. The summed E-state index contributed by atoms with van der Waals surface area (Å²) >= 11 is 0. The van der Waals surface area contributed by atoms with Gasteiger partial charge < -0.3 is 0 Å². The molecule has 1 amide bonds. The maximum atomic E-state index is 11.6. The van der Waals surface area contributed by atoms with Crippen molar-refractivity contribution < 1.29 is 4.79 Å². The highest BCUT2D eigenvalue weighted by molar-refractivity contribution is 6.68. The molecule has 2 rings (SSSR count). The normalized spacial score (nSPS) is 18.5. The summed E-state index contributed by atoms with van der Waals surface area (Å²) in [7, 11) is 1.62. The van der Waals surface area contributed by atoms with Crippen molar-refractivity contribution in [3.05, 3.63) is 30.3 Å². The molecular weight excluding hydrogens is 190 g/mol. The van der Waals surface area contributed by atoms with E-state index < -0.39 is 0 Å². The average Bonchev–Trinajstić information content (AvgIpc) is 2.47. The number of hydrazone groups is 1. The number of hydrogen-bond donors (Lipinski definition) is 0. The topological polar surface area (TPSA) is 45.0 Å². The van der Waals surface area contributed by atoms with Gasteiger partial charge in [-0.2, -0.15) is 5.10 Å².